The number of nitrogens with two attached hydrogens (primary N) is 1. The molecule has 0 aliphatic rings. The van der Waals surface area contributed by atoms with Crippen LogP contribution in [0.4, 0.5) is 0 Å². The monoisotopic (exact) mass is 508 g/mol. The summed E-state index contributed by atoms with van der Waals surface area (Å²) in [5.41, 5.74) is 3.81. The Labute approximate surface area is 207 Å². The van der Waals surface area contributed by atoms with Crippen molar-refractivity contribution in [3.63, 3.8) is 0 Å². The van der Waals surface area contributed by atoms with Crippen molar-refractivity contribution in [2.75, 3.05) is 12.3 Å². The summed E-state index contributed by atoms with van der Waals surface area (Å²) < 4.78 is 24.6. The van der Waals surface area contributed by atoms with Gasteiger partial charge in [-0.2, -0.15) is 0 Å². The van der Waals surface area contributed by atoms with Crippen molar-refractivity contribution in [1.29, 1.82) is 0 Å². The number of carbonyl (C=O) groups is 1. The number of pyridine rings is 1. The van der Waals surface area contributed by atoms with Gasteiger partial charge in [-0.05, 0) is 55.3 Å². The number of aromatic nitrogens is 4. The molecule has 11 heteroatoms. The highest BCUT2D eigenvalue weighted by atomic mass is 32.2. The molecule has 0 aliphatic carbocycles. The van der Waals surface area contributed by atoms with E-state index in [9.17, 15) is 13.2 Å². The first-order chi connectivity index (χ1) is 16.8. The highest BCUT2D eigenvalue weighted by Crippen LogP contribution is 2.27. The van der Waals surface area contributed by atoms with Gasteiger partial charge in [0.15, 0.2) is 11.0 Å². The number of nitrogens with zero attached hydrogens (tertiary/aromatic N) is 4. The fourth-order valence-electron chi connectivity index (χ4n) is 3.35. The summed E-state index contributed by atoms with van der Waals surface area (Å²) >= 11 is 1.30. The molecule has 0 atom stereocenters. The number of hydrogen-bond acceptors (Lipinski definition) is 7. The molecule has 2 aromatic carbocycles. The zero-order valence-corrected chi connectivity index (χ0v) is 20.6. The first-order valence-electron chi connectivity index (χ1n) is 10.8. The van der Waals surface area contributed by atoms with Gasteiger partial charge < -0.3 is 5.32 Å². The number of thioether (sulfide) groups is 1. The molecule has 0 fully saturated rings. The van der Waals surface area contributed by atoms with Crippen LogP contribution in [-0.2, 0) is 21.2 Å². The highest BCUT2D eigenvalue weighted by molar-refractivity contribution is 7.99. The lowest BCUT2D eigenvalue weighted by Gasteiger charge is -2.11. The number of aryl methyl sites for hydroxylation is 1. The van der Waals surface area contributed by atoms with Crippen LogP contribution < -0.4 is 10.5 Å². The predicted octanol–water partition coefficient (Wildman–Crippen LogP) is 2.74. The second-order valence-corrected chi connectivity index (χ2v) is 10.3. The van der Waals surface area contributed by atoms with Crippen LogP contribution in [0.1, 0.15) is 11.1 Å². The molecule has 35 heavy (non-hydrogen) atoms. The van der Waals surface area contributed by atoms with Gasteiger partial charge in [0.2, 0.25) is 15.9 Å². The number of nitrogens with one attached hydrogen (secondary N) is 1. The maximum absolute atomic E-state index is 12.5. The number of amides is 1. The molecule has 9 nitrogen and oxygen atoms in total. The fourth-order valence-corrected chi connectivity index (χ4v) is 4.65. The average molecular weight is 509 g/mol. The Hall–Kier alpha value is -3.54. The van der Waals surface area contributed by atoms with Gasteiger partial charge in [-0.3, -0.25) is 14.3 Å². The summed E-state index contributed by atoms with van der Waals surface area (Å²) in [5.74, 6) is 0.701. The number of carbonyl (C=O) groups excluding carboxylic acids is 1. The molecule has 0 bridgehead atoms. The standard InChI is InChI=1S/C24H24N6O3S2/c1-17-2-6-20(7-3-17)30-23(19-11-13-26-14-12-19)28-29-24(30)34-16-22(31)27-15-10-18-4-8-21(9-5-18)35(25,32)33/h2-9,11-14H,10,15-16H2,1H3,(H,27,31)(H2,25,32,33). The van der Waals surface area contributed by atoms with E-state index in [2.05, 4.69) is 20.5 Å². The van der Waals surface area contributed by atoms with Gasteiger partial charge in [0.25, 0.3) is 0 Å². The number of primary sulfonamides is 1. The fraction of sp³-hybridized carbons (Fsp3) is 0.167. The molecule has 0 spiro atoms. The van der Waals surface area contributed by atoms with Crippen molar-refractivity contribution in [2.24, 2.45) is 5.14 Å². The lowest BCUT2D eigenvalue weighted by Crippen LogP contribution is -2.27. The van der Waals surface area contributed by atoms with Gasteiger partial charge >= 0.3 is 0 Å². The van der Waals surface area contributed by atoms with Gasteiger partial charge in [0.05, 0.1) is 10.6 Å². The van der Waals surface area contributed by atoms with Crippen molar-refractivity contribution >= 4 is 27.7 Å². The summed E-state index contributed by atoms with van der Waals surface area (Å²) in [6.45, 7) is 2.44. The molecule has 0 saturated carbocycles. The third kappa shape index (κ3) is 6.32. The molecule has 2 aromatic heterocycles. The maximum atomic E-state index is 12.5. The van der Waals surface area contributed by atoms with Crippen LogP contribution in [0.25, 0.3) is 17.1 Å². The van der Waals surface area contributed by atoms with Crippen molar-refractivity contribution < 1.29 is 13.2 Å². The number of rotatable bonds is 9. The van der Waals surface area contributed by atoms with Crippen molar-refractivity contribution in [1.82, 2.24) is 25.1 Å². The molecule has 0 saturated heterocycles. The first kappa shape index (κ1) is 24.6. The van der Waals surface area contributed by atoms with Crippen molar-refractivity contribution in [2.45, 2.75) is 23.4 Å². The third-order valence-corrected chi connectivity index (χ3v) is 7.04. The Morgan fingerprint density at radius 3 is 2.34 bits per heavy atom. The zero-order valence-electron chi connectivity index (χ0n) is 19.0. The summed E-state index contributed by atoms with van der Waals surface area (Å²) in [6, 6.07) is 18.0. The van der Waals surface area contributed by atoms with E-state index in [0.717, 1.165) is 22.4 Å². The minimum atomic E-state index is -3.72. The Morgan fingerprint density at radius 1 is 1.00 bits per heavy atom. The highest BCUT2D eigenvalue weighted by Gasteiger charge is 2.17. The quantitative estimate of drug-likeness (QED) is 0.332. The van der Waals surface area contributed by atoms with Crippen LogP contribution in [-0.4, -0.2) is 46.4 Å². The number of hydrogen-bond donors (Lipinski definition) is 2. The summed E-state index contributed by atoms with van der Waals surface area (Å²) in [7, 11) is -3.72. The van der Waals surface area contributed by atoms with Crippen LogP contribution >= 0.6 is 11.8 Å². The average Bonchev–Trinajstić information content (AvgIpc) is 3.27. The lowest BCUT2D eigenvalue weighted by molar-refractivity contribution is -0.118. The molecule has 4 rings (SSSR count). The van der Waals surface area contributed by atoms with E-state index in [0.29, 0.717) is 23.9 Å². The largest absolute Gasteiger partial charge is 0.355 e. The van der Waals surface area contributed by atoms with E-state index >= 15 is 0 Å². The zero-order chi connectivity index (χ0) is 24.8. The second-order valence-electron chi connectivity index (χ2n) is 7.79. The number of benzene rings is 2. The van der Waals surface area contributed by atoms with Crippen molar-refractivity contribution in [3.8, 4) is 17.1 Å². The Morgan fingerprint density at radius 2 is 1.69 bits per heavy atom. The summed E-state index contributed by atoms with van der Waals surface area (Å²) in [4.78, 5) is 16.6. The SMILES string of the molecule is Cc1ccc(-n2c(SCC(=O)NCCc3ccc(S(N)(=O)=O)cc3)nnc2-c2ccncc2)cc1. The predicted molar refractivity (Wildman–Crippen MR) is 135 cm³/mol. The second kappa shape index (κ2) is 10.8. The van der Waals surface area contributed by atoms with Gasteiger partial charge in [0.1, 0.15) is 0 Å². The minimum Gasteiger partial charge on any atom is -0.355 e. The van der Waals surface area contributed by atoms with Gasteiger partial charge in [-0.15, -0.1) is 10.2 Å². The van der Waals surface area contributed by atoms with Gasteiger partial charge in [-0.1, -0.05) is 41.6 Å². The van der Waals surface area contributed by atoms with E-state index in [1.54, 1.807) is 24.5 Å². The molecule has 2 heterocycles. The summed E-state index contributed by atoms with van der Waals surface area (Å²) in [6.07, 6.45) is 3.96. The molecule has 180 valence electrons. The van der Waals surface area contributed by atoms with E-state index in [1.807, 2.05) is 47.9 Å². The molecular weight excluding hydrogens is 484 g/mol. The molecule has 0 radical (unpaired) electrons. The smallest absolute Gasteiger partial charge is 0.238 e. The van der Waals surface area contributed by atoms with E-state index in [-0.39, 0.29) is 16.6 Å². The van der Waals surface area contributed by atoms with E-state index in [4.69, 9.17) is 5.14 Å². The number of sulfonamides is 1. The topological polar surface area (TPSA) is 133 Å². The molecule has 4 aromatic rings. The van der Waals surface area contributed by atoms with Gasteiger partial charge in [-0.25, -0.2) is 13.6 Å². The van der Waals surface area contributed by atoms with Crippen LogP contribution in [0.5, 0.6) is 0 Å². The lowest BCUT2D eigenvalue weighted by atomic mass is 10.1. The third-order valence-electron chi connectivity index (χ3n) is 5.18. The normalized spacial score (nSPS) is 11.4. The molecule has 3 N–H and O–H groups in total. The molecule has 0 unspecified atom stereocenters. The van der Waals surface area contributed by atoms with Crippen LogP contribution in [0.2, 0.25) is 0 Å². The van der Waals surface area contributed by atoms with Gasteiger partial charge in [0, 0.05) is 30.2 Å². The minimum absolute atomic E-state index is 0.0607. The Balaban J connectivity index is 1.40. The van der Waals surface area contributed by atoms with Crippen LogP contribution in [0.3, 0.4) is 0 Å². The first-order valence-corrected chi connectivity index (χ1v) is 13.3. The molecule has 1 amide bonds. The van der Waals surface area contributed by atoms with E-state index in [1.165, 1.54) is 23.9 Å². The van der Waals surface area contributed by atoms with Crippen LogP contribution in [0.15, 0.2) is 83.1 Å². The molecular formula is C24H24N6O3S2. The molecule has 0 aliphatic heterocycles. The van der Waals surface area contributed by atoms with E-state index < -0.39 is 10.0 Å². The van der Waals surface area contributed by atoms with Crippen LogP contribution in [0, 0.1) is 6.92 Å². The maximum Gasteiger partial charge on any atom is 0.238 e. The Bertz CT molecular complexity index is 1400. The summed E-state index contributed by atoms with van der Waals surface area (Å²) in [5, 5.41) is 17.3. The van der Waals surface area contributed by atoms with Crippen molar-refractivity contribution in [3.05, 3.63) is 84.2 Å². The Kier molecular flexibility index (Phi) is 7.59.